The van der Waals surface area contributed by atoms with E-state index in [0.717, 1.165) is 0 Å². The van der Waals surface area contributed by atoms with E-state index >= 15 is 0 Å². The molecule has 1 unspecified atom stereocenters. The molecule has 0 saturated carbocycles. The van der Waals surface area contributed by atoms with Gasteiger partial charge in [0.05, 0.1) is 5.75 Å². The first-order chi connectivity index (χ1) is 3.81. The van der Waals surface area contributed by atoms with Gasteiger partial charge in [0.15, 0.2) is 11.1 Å². The van der Waals surface area contributed by atoms with E-state index in [1.54, 1.807) is 0 Å². The Morgan fingerprint density at radius 1 is 1.75 bits per heavy atom. The van der Waals surface area contributed by atoms with E-state index in [1.807, 2.05) is 0 Å². The molecule has 4 nitrogen and oxygen atoms in total. The summed E-state index contributed by atoms with van der Waals surface area (Å²) in [4.78, 5) is 9.55. The van der Waals surface area contributed by atoms with Crippen molar-refractivity contribution in [2.24, 2.45) is 0 Å². The van der Waals surface area contributed by atoms with Crippen LogP contribution in [0.1, 0.15) is 6.42 Å². The second kappa shape index (κ2) is 4.89. The second-order valence-electron chi connectivity index (χ2n) is 1.04. The summed E-state index contributed by atoms with van der Waals surface area (Å²) >= 11 is -1.70. The molecular formula is C3H6O4S. The van der Waals surface area contributed by atoms with E-state index in [4.69, 9.17) is 5.26 Å². The predicted molar refractivity (Wildman–Crippen MR) is 27.4 cm³/mol. The molecule has 0 aromatic heterocycles. The van der Waals surface area contributed by atoms with E-state index in [1.165, 1.54) is 0 Å². The topological polar surface area (TPSA) is 63.6 Å². The van der Waals surface area contributed by atoms with Crippen LogP contribution < -0.4 is 0 Å². The minimum atomic E-state index is -1.70. The van der Waals surface area contributed by atoms with Gasteiger partial charge in [-0.15, -0.1) is 4.33 Å². The van der Waals surface area contributed by atoms with Gasteiger partial charge < -0.3 is 4.79 Å². The maximum absolute atomic E-state index is 10.1. The Balaban J connectivity index is 3.11. The lowest BCUT2D eigenvalue weighted by Gasteiger charge is -1.87. The molecule has 1 N–H and O–H groups in total. The molecule has 5 heteroatoms. The van der Waals surface area contributed by atoms with Gasteiger partial charge in [-0.25, -0.2) is 9.47 Å². The van der Waals surface area contributed by atoms with Crippen molar-refractivity contribution in [1.29, 1.82) is 0 Å². The van der Waals surface area contributed by atoms with Crippen molar-refractivity contribution < 1.29 is 18.6 Å². The van der Waals surface area contributed by atoms with Gasteiger partial charge >= 0.3 is 0 Å². The highest BCUT2D eigenvalue weighted by Crippen LogP contribution is 1.82. The van der Waals surface area contributed by atoms with Crippen LogP contribution in [0.15, 0.2) is 0 Å². The second-order valence-corrected chi connectivity index (χ2v) is 2.20. The molecule has 8 heavy (non-hydrogen) atoms. The Labute approximate surface area is 49.1 Å². The number of carbonyl (C=O) groups is 1. The maximum atomic E-state index is 10.1. The molecule has 0 fully saturated rings. The highest BCUT2D eigenvalue weighted by Gasteiger charge is 1.94. The molecule has 0 aliphatic heterocycles. The summed E-state index contributed by atoms with van der Waals surface area (Å²) in [7, 11) is 0. The monoisotopic (exact) mass is 138 g/mol. The van der Waals surface area contributed by atoms with Gasteiger partial charge in [0.1, 0.15) is 6.29 Å². The number of rotatable bonds is 4. The van der Waals surface area contributed by atoms with Gasteiger partial charge in [-0.2, -0.15) is 0 Å². The molecule has 0 rings (SSSR count). The lowest BCUT2D eigenvalue weighted by atomic mass is 10.6. The molecule has 0 aliphatic carbocycles. The van der Waals surface area contributed by atoms with Gasteiger partial charge in [-0.3, -0.25) is 0 Å². The summed E-state index contributed by atoms with van der Waals surface area (Å²) in [6.45, 7) is 0. The van der Waals surface area contributed by atoms with Crippen molar-refractivity contribution in [3.63, 3.8) is 0 Å². The molecule has 0 aromatic rings. The highest BCUT2D eigenvalue weighted by molar-refractivity contribution is 7.80. The number of hydrogen-bond donors (Lipinski definition) is 1. The van der Waals surface area contributed by atoms with Gasteiger partial charge in [-0.05, 0) is 0 Å². The maximum Gasteiger partial charge on any atom is 0.187 e. The van der Waals surface area contributed by atoms with Crippen LogP contribution in [0.5, 0.6) is 0 Å². The van der Waals surface area contributed by atoms with Crippen LogP contribution in [-0.2, 0) is 20.2 Å². The number of carbonyl (C=O) groups excluding carboxylic acids is 1. The van der Waals surface area contributed by atoms with Gasteiger partial charge in [0.2, 0.25) is 0 Å². The number of hydrogen-bond acceptors (Lipinski definition) is 4. The van der Waals surface area contributed by atoms with Crippen LogP contribution in [0, 0.1) is 0 Å². The SMILES string of the molecule is O=CCCS(=O)OO. The van der Waals surface area contributed by atoms with Crippen molar-refractivity contribution in [2.75, 3.05) is 5.75 Å². The van der Waals surface area contributed by atoms with E-state index in [2.05, 4.69) is 4.33 Å². The lowest BCUT2D eigenvalue weighted by Crippen LogP contribution is -1.98. The van der Waals surface area contributed by atoms with Crippen LogP contribution in [0.3, 0.4) is 0 Å². The van der Waals surface area contributed by atoms with Crippen LogP contribution in [0.2, 0.25) is 0 Å². The van der Waals surface area contributed by atoms with Crippen molar-refractivity contribution in [2.45, 2.75) is 6.42 Å². The number of aldehydes is 1. The fourth-order valence-electron chi connectivity index (χ4n) is 0.182. The Kier molecular flexibility index (Phi) is 4.73. The quantitative estimate of drug-likeness (QED) is 0.330. The molecule has 0 spiro atoms. The molecule has 48 valence electrons. The highest BCUT2D eigenvalue weighted by atomic mass is 32.2. The van der Waals surface area contributed by atoms with E-state index in [9.17, 15) is 9.00 Å². The van der Waals surface area contributed by atoms with Crippen molar-refractivity contribution >= 4 is 17.4 Å². The molecule has 0 saturated heterocycles. The third-order valence-electron chi connectivity index (χ3n) is 0.486. The van der Waals surface area contributed by atoms with Crippen LogP contribution in [-0.4, -0.2) is 21.5 Å². The molecular weight excluding hydrogens is 132 g/mol. The Morgan fingerprint density at radius 3 is 2.75 bits per heavy atom. The molecule has 0 aliphatic rings. The zero-order valence-corrected chi connectivity index (χ0v) is 4.89. The standard InChI is InChI=1S/C3H6O4S/c4-2-1-3-8(6)7-5/h2,5H,1,3H2. The Bertz CT molecular complexity index is 91.3. The summed E-state index contributed by atoms with van der Waals surface area (Å²) < 4.78 is 13.4. The minimum Gasteiger partial charge on any atom is -0.303 e. The normalized spacial score (nSPS) is 13.1. The molecule has 0 aromatic carbocycles. The lowest BCUT2D eigenvalue weighted by molar-refractivity contribution is -0.124. The fourth-order valence-corrected chi connectivity index (χ4v) is 0.545. The molecule has 0 amide bonds. The third-order valence-corrected chi connectivity index (χ3v) is 1.22. The Hall–Kier alpha value is -0.260. The van der Waals surface area contributed by atoms with Crippen LogP contribution in [0.4, 0.5) is 0 Å². The molecule has 1 atom stereocenters. The zero-order valence-electron chi connectivity index (χ0n) is 4.07. The van der Waals surface area contributed by atoms with Crippen molar-refractivity contribution in [3.05, 3.63) is 0 Å². The van der Waals surface area contributed by atoms with Crippen LogP contribution in [0.25, 0.3) is 0 Å². The van der Waals surface area contributed by atoms with Crippen molar-refractivity contribution in [3.8, 4) is 0 Å². The first-order valence-corrected chi connectivity index (χ1v) is 3.19. The average Bonchev–Trinajstić information content (AvgIpc) is 1.83. The molecule has 0 heterocycles. The smallest absolute Gasteiger partial charge is 0.187 e. The first kappa shape index (κ1) is 7.74. The fraction of sp³-hybridized carbons (Fsp3) is 0.667. The van der Waals surface area contributed by atoms with Crippen molar-refractivity contribution in [1.82, 2.24) is 0 Å². The van der Waals surface area contributed by atoms with Crippen LogP contribution >= 0.6 is 0 Å². The average molecular weight is 138 g/mol. The Morgan fingerprint density at radius 2 is 2.38 bits per heavy atom. The van der Waals surface area contributed by atoms with E-state index in [-0.39, 0.29) is 12.2 Å². The van der Waals surface area contributed by atoms with Gasteiger partial charge in [0.25, 0.3) is 0 Å². The summed E-state index contributed by atoms with van der Waals surface area (Å²) in [5, 5.41) is 7.65. The van der Waals surface area contributed by atoms with E-state index in [0.29, 0.717) is 6.29 Å². The summed E-state index contributed by atoms with van der Waals surface area (Å²) in [5.41, 5.74) is 0. The largest absolute Gasteiger partial charge is 0.303 e. The molecule has 0 bridgehead atoms. The minimum absolute atomic E-state index is 0.0556. The zero-order chi connectivity index (χ0) is 6.41. The summed E-state index contributed by atoms with van der Waals surface area (Å²) in [5.74, 6) is 0.0556. The molecule has 0 radical (unpaired) electrons. The predicted octanol–water partition coefficient (Wildman–Crippen LogP) is -0.271. The van der Waals surface area contributed by atoms with E-state index < -0.39 is 11.1 Å². The van der Waals surface area contributed by atoms with Gasteiger partial charge in [-0.1, -0.05) is 0 Å². The summed E-state index contributed by atoms with van der Waals surface area (Å²) in [6, 6.07) is 0. The summed E-state index contributed by atoms with van der Waals surface area (Å²) in [6.07, 6.45) is 0.754. The third kappa shape index (κ3) is 3.91. The first-order valence-electron chi connectivity index (χ1n) is 1.95. The van der Waals surface area contributed by atoms with Gasteiger partial charge in [0, 0.05) is 6.42 Å².